The molecule has 12 aromatic rings. The third-order valence-corrected chi connectivity index (χ3v) is 27.8. The van der Waals surface area contributed by atoms with Crippen molar-refractivity contribution in [2.24, 2.45) is 5.73 Å². The van der Waals surface area contributed by atoms with Gasteiger partial charge in [-0.05, 0) is 150 Å². The number of amides is 3. The summed E-state index contributed by atoms with van der Waals surface area (Å²) >= 11 is 0. The van der Waals surface area contributed by atoms with Gasteiger partial charge < -0.3 is 123 Å². The molecule has 41 heteroatoms. The number of imidazole rings is 4. The predicted octanol–water partition coefficient (Wildman–Crippen LogP) is 7.14. The molecule has 0 saturated carbocycles. The number of likely N-dealkylation sites (N-methyl/N-ethyl adjacent to an activating group) is 4. The number of Topliss-reactive ketones (excluding diaryl/α,β-unsaturated/α-hetero) is 1. The number of unbranched alkanes of at least 4 members (excludes halogenated alkanes) is 1. The maximum absolute atomic E-state index is 12.7. The summed E-state index contributed by atoms with van der Waals surface area (Å²) in [6.45, 7) is 32.6. The van der Waals surface area contributed by atoms with E-state index in [9.17, 15) is 60.0 Å². The number of aliphatic hydroxyl groups is 8. The molecule has 4 saturated heterocycles. The van der Waals surface area contributed by atoms with E-state index in [4.69, 9.17) is 52.4 Å². The lowest BCUT2D eigenvalue weighted by Gasteiger charge is -2.27. The topological polar surface area (TPSA) is 569 Å². The monoisotopic (exact) mass is 2070 g/mol. The summed E-state index contributed by atoms with van der Waals surface area (Å²) in [7, 11) is 7.45. The lowest BCUT2D eigenvalue weighted by atomic mass is 9.86. The maximum Gasteiger partial charge on any atom is 0.407 e. The van der Waals surface area contributed by atoms with Gasteiger partial charge in [0.1, 0.15) is 108 Å². The van der Waals surface area contributed by atoms with Gasteiger partial charge >= 0.3 is 6.09 Å². The van der Waals surface area contributed by atoms with Crippen molar-refractivity contribution >= 4 is 91.1 Å². The highest BCUT2D eigenvalue weighted by atomic mass is 16.6. The van der Waals surface area contributed by atoms with Crippen LogP contribution in [-0.4, -0.2) is 334 Å². The van der Waals surface area contributed by atoms with Crippen molar-refractivity contribution in [3.8, 4) is 0 Å². The van der Waals surface area contributed by atoms with E-state index >= 15 is 0 Å². The number of fused-ring (bicyclic) bond motifs is 4. The maximum atomic E-state index is 12.7. The second-order valence-electron chi connectivity index (χ2n) is 43.8. The second kappa shape index (κ2) is 50.8. The largest absolute Gasteiger partial charge is 0.445 e. The third kappa shape index (κ3) is 29.6. The van der Waals surface area contributed by atoms with Crippen molar-refractivity contribution < 1.29 is 83.7 Å². The van der Waals surface area contributed by atoms with E-state index in [1.54, 1.807) is 79.3 Å². The standard InChI is InChI=1S/C29H43N7O4.C27H38N6O4.C27H37N5O4.C26H36N6O5/c1-29(2,3)20-8-6-19(7-9-20)16-23(37)32-13-15-35(14-5-4-11-30)17-22-25(38)26(39)28(40-22)36-18-34-24-21(31)10-12-33-27(24)36;1-27(2,3)18-8-6-17(7-9-18)14-21(34)32(5)13-12-31(4)15-20-23(35)24(36)26(37-20)33-16-30-22-19(28)10-11-29-25(22)33;1-27(2,3)18-9-7-17(8-10-18)14-19(33)6-5-13-31(4)15-21-23(34)24(35)26(36-21)32-16-30-22-20(28)11-12-29-25(22)32;1-26(2,3)17-7-5-16(6-8-17)14-36-25(35)29-11-12-31(4)13-19-21(33)22(34)24(37-19)32-15-30-20-18(27)9-10-28-23(20)32/h6-10,12,18,22,25-26,28,38-39H,4-5,11,13-17,30H2,1-3H3,(H2,31,33)(H,32,37);6-11,16,20,23-24,26,35-36H,12-15H2,1-5H3,(H2,28,29);7-12,16,21,23-24,26,34-35H,5-6,13-15H2,1-4H3,(H2,28,29);5-10,15,19,21-22,24,33-34H,11-14H2,1-4H3,(H2,27,28)(H,29,35)/t22-,25-,26-,28-;20-,23-,24-,26-;21-,23-,24-,26-;19-,21-,22-,24-/m1111/s1. The van der Waals surface area contributed by atoms with Gasteiger partial charge in [-0.25, -0.2) is 44.7 Å². The number of anilines is 4. The first-order valence-electron chi connectivity index (χ1n) is 51.3. The van der Waals surface area contributed by atoms with Crippen LogP contribution in [0, 0.1) is 0 Å². The number of aromatic nitrogens is 12. The second-order valence-corrected chi connectivity index (χ2v) is 43.8. The molecule has 20 N–H and O–H groups in total. The molecular weight excluding hydrogens is 1920 g/mol. The fraction of sp³-hybridized carbons (Fsp3) is 0.523. The van der Waals surface area contributed by atoms with Crippen LogP contribution in [0.4, 0.5) is 27.5 Å². The number of nitrogen functional groups attached to an aromatic ring is 4. The van der Waals surface area contributed by atoms with Crippen LogP contribution in [0.25, 0.3) is 44.7 Å². The summed E-state index contributed by atoms with van der Waals surface area (Å²) in [5.74, 6) is 0.207. The number of nitrogens with zero attached hydrogens (tertiary/aromatic N) is 17. The van der Waals surface area contributed by atoms with Crippen molar-refractivity contribution in [2.45, 2.75) is 254 Å². The number of carbonyl (C=O) groups is 4. The molecule has 0 aliphatic carbocycles. The Morgan fingerprint density at radius 1 is 0.360 bits per heavy atom. The van der Waals surface area contributed by atoms with Crippen molar-refractivity contribution in [2.75, 3.05) is 136 Å². The van der Waals surface area contributed by atoms with Crippen LogP contribution >= 0.6 is 0 Å². The Hall–Kier alpha value is -12.2. The highest BCUT2D eigenvalue weighted by molar-refractivity contribution is 5.87. The molecule has 150 heavy (non-hydrogen) atoms. The normalized spacial score (nSPS) is 22.0. The molecule has 12 heterocycles. The van der Waals surface area contributed by atoms with Gasteiger partial charge in [0.2, 0.25) is 11.8 Å². The van der Waals surface area contributed by atoms with Crippen LogP contribution in [0.15, 0.2) is 171 Å². The Morgan fingerprint density at radius 2 is 0.680 bits per heavy atom. The quantitative estimate of drug-likeness (QED) is 0.0172. The number of nitrogens with two attached hydrogens (primary N) is 5. The molecule has 4 aliphatic heterocycles. The van der Waals surface area contributed by atoms with E-state index in [-0.39, 0.29) is 45.9 Å². The number of rotatable bonds is 37. The minimum Gasteiger partial charge on any atom is -0.445 e. The first-order chi connectivity index (χ1) is 71.1. The van der Waals surface area contributed by atoms with E-state index < -0.39 is 104 Å². The molecular formula is C109H154N24O17. The first-order valence-corrected chi connectivity index (χ1v) is 51.3. The van der Waals surface area contributed by atoms with E-state index in [1.165, 1.54) is 47.6 Å². The molecule has 4 fully saturated rings. The number of hydrogen-bond acceptors (Lipinski definition) is 34. The number of hydrogen-bond donors (Lipinski definition) is 15. The molecule has 8 aromatic heterocycles. The SMILES string of the molecule is CC(C)(C)c1ccc(CC(=O)NCCN(CCCCN)C[C@H]2O[C@@H](n3cnc4c(N)ccnc43)[C@H](O)[C@@H]2O)cc1.CN(CCCC(=O)Cc1ccc(C(C)(C)C)cc1)C[C@H]1O[C@@H](n2cnc3c(N)ccnc32)[C@H](O)[C@@H]1O.CN(CCN(C)C(=O)Cc1ccc(C(C)(C)C)cc1)C[C@H]1O[C@@H](n2cnc3c(N)ccnc32)[C@H](O)[C@@H]1O.CN(CCNC(=O)OCc1ccc(C(C)(C)C)cc1)C[C@H]1O[C@@H](n2cnc3c(N)ccnc32)[C@H](O)[C@@H]1O. The molecule has 0 bridgehead atoms. The third-order valence-electron chi connectivity index (χ3n) is 27.8. The minimum absolute atomic E-state index is 0.0446. The Bertz CT molecular complexity index is 6400. The van der Waals surface area contributed by atoms with E-state index in [2.05, 4.69) is 175 Å². The zero-order chi connectivity index (χ0) is 109. The van der Waals surface area contributed by atoms with Gasteiger partial charge in [0.05, 0.1) is 60.9 Å². The van der Waals surface area contributed by atoms with Crippen molar-refractivity contribution in [3.05, 3.63) is 216 Å². The number of pyridine rings is 4. The van der Waals surface area contributed by atoms with Gasteiger partial charge in [-0.15, -0.1) is 0 Å². The highest BCUT2D eigenvalue weighted by Crippen LogP contribution is 2.39. The molecule has 4 aliphatic rings. The first kappa shape index (κ1) is 115. The summed E-state index contributed by atoms with van der Waals surface area (Å²) in [4.78, 5) is 94.0. The lowest BCUT2D eigenvalue weighted by molar-refractivity contribution is -0.129. The molecule has 4 aromatic carbocycles. The summed E-state index contributed by atoms with van der Waals surface area (Å²) in [6.07, 6.45) is 1.01. The molecule has 0 spiro atoms. The Labute approximate surface area is 875 Å². The van der Waals surface area contributed by atoms with Gasteiger partial charge in [0.15, 0.2) is 47.5 Å². The number of aliphatic hydroxyl groups excluding tert-OH is 8. The minimum atomic E-state index is -1.17. The summed E-state index contributed by atoms with van der Waals surface area (Å²) in [6, 6.07) is 39.3. The van der Waals surface area contributed by atoms with Gasteiger partial charge in [0, 0.05) is 110 Å². The summed E-state index contributed by atoms with van der Waals surface area (Å²) in [5.41, 5.74) is 44.6. The zero-order valence-electron chi connectivity index (χ0n) is 89.0. The van der Waals surface area contributed by atoms with Crippen molar-refractivity contribution in [1.82, 2.24) is 93.3 Å². The van der Waals surface area contributed by atoms with Gasteiger partial charge in [-0.1, -0.05) is 180 Å². The average Bonchev–Trinajstić information content (AvgIpc) is 1.63. The number of alkyl carbamates (subject to hydrolysis) is 1. The molecule has 812 valence electrons. The van der Waals surface area contributed by atoms with E-state index in [0.717, 1.165) is 41.6 Å². The fourth-order valence-corrected chi connectivity index (χ4v) is 18.5. The summed E-state index contributed by atoms with van der Waals surface area (Å²) in [5, 5.41) is 91.2. The fourth-order valence-electron chi connectivity index (χ4n) is 18.5. The molecule has 16 atom stereocenters. The van der Waals surface area contributed by atoms with Gasteiger partial charge in [0.25, 0.3) is 0 Å². The van der Waals surface area contributed by atoms with E-state index in [0.29, 0.717) is 178 Å². The van der Waals surface area contributed by atoms with Crippen molar-refractivity contribution in [3.63, 3.8) is 0 Å². The van der Waals surface area contributed by atoms with Crippen LogP contribution in [0.5, 0.6) is 0 Å². The van der Waals surface area contributed by atoms with Crippen molar-refractivity contribution in [1.29, 1.82) is 0 Å². The predicted molar refractivity (Wildman–Crippen MR) is 573 cm³/mol. The molecule has 16 rings (SSSR count). The van der Waals surface area contributed by atoms with Crippen LogP contribution in [0.2, 0.25) is 0 Å². The van der Waals surface area contributed by atoms with Crippen LogP contribution in [0.3, 0.4) is 0 Å². The Kier molecular flexibility index (Phi) is 38.9. The number of ether oxygens (including phenoxy) is 5. The van der Waals surface area contributed by atoms with Crippen LogP contribution in [0.1, 0.15) is 178 Å². The number of carbonyl (C=O) groups excluding carboxylic acids is 4. The Balaban J connectivity index is 0.000000167. The number of benzene rings is 4. The smallest absolute Gasteiger partial charge is 0.407 e. The van der Waals surface area contributed by atoms with Gasteiger partial charge in [-0.3, -0.25) is 37.6 Å². The van der Waals surface area contributed by atoms with Crippen LogP contribution in [-0.2, 0) is 85.6 Å². The molecule has 41 nitrogen and oxygen atoms in total. The molecule has 0 unspecified atom stereocenters. The highest BCUT2D eigenvalue weighted by Gasteiger charge is 2.49. The lowest BCUT2D eigenvalue weighted by Crippen LogP contribution is -2.43. The molecule has 3 amide bonds. The molecule has 0 radical (unpaired) electrons. The number of nitrogens with one attached hydrogen (secondary N) is 2. The Morgan fingerprint density at radius 3 is 1.03 bits per heavy atom. The van der Waals surface area contributed by atoms with Gasteiger partial charge in [-0.2, -0.15) is 0 Å². The van der Waals surface area contributed by atoms with Crippen LogP contribution < -0.4 is 39.3 Å². The average molecular weight is 2070 g/mol. The van der Waals surface area contributed by atoms with E-state index in [1.807, 2.05) is 96.5 Å². The summed E-state index contributed by atoms with van der Waals surface area (Å²) < 4.78 is 35.9. The number of ketones is 1. The zero-order valence-corrected chi connectivity index (χ0v) is 89.0.